The maximum atomic E-state index is 15.5. The molecule has 0 spiro atoms. The van der Waals surface area contributed by atoms with Gasteiger partial charge in [0.1, 0.15) is 65.4 Å². The van der Waals surface area contributed by atoms with Crippen LogP contribution in [-0.4, -0.2) is 274 Å². The lowest BCUT2D eigenvalue weighted by molar-refractivity contribution is -0.143. The van der Waals surface area contributed by atoms with Crippen molar-refractivity contribution in [3.8, 4) is 28.7 Å². The largest absolute Gasteiger partial charge is 0.494 e. The Balaban J connectivity index is 0.834. The highest BCUT2D eigenvalue weighted by molar-refractivity contribution is 6.06. The molecule has 19 N–H and O–H groups in total. The summed E-state index contributed by atoms with van der Waals surface area (Å²) < 4.78 is 48.6. The number of hydrogen-bond donors (Lipinski definition) is 18. The highest BCUT2D eigenvalue weighted by atomic mass is 19.1. The van der Waals surface area contributed by atoms with Gasteiger partial charge in [0.25, 0.3) is 0 Å². The number of halogens is 1. The van der Waals surface area contributed by atoms with E-state index in [4.69, 9.17) is 34.2 Å². The van der Waals surface area contributed by atoms with Gasteiger partial charge in [-0.1, -0.05) is 60.7 Å². The van der Waals surface area contributed by atoms with Gasteiger partial charge in [0.05, 0.1) is 91.0 Å². The minimum atomic E-state index is -2.39. The molecule has 3 aromatic carbocycles. The van der Waals surface area contributed by atoms with Crippen molar-refractivity contribution in [3.63, 3.8) is 0 Å². The Morgan fingerprint density at radius 3 is 1.90 bits per heavy atom. The normalized spacial score (nSPS) is 16.4. The molecule has 124 heavy (non-hydrogen) atoms. The van der Waals surface area contributed by atoms with Crippen LogP contribution in [0.15, 0.2) is 79.3 Å². The van der Waals surface area contributed by atoms with Crippen LogP contribution in [0.25, 0.3) is 11.1 Å². The number of alkyl carbamates (subject to hydrolysis) is 2. The molecule has 5 aromatic rings. The number of carboxylic acids is 1. The smallest absolute Gasteiger partial charge is 0.407 e. The molecule has 12 amide bonds. The number of unbranched alkanes of at least 4 members (excludes halogenated alkanes) is 1. The number of aliphatic hydroxyl groups is 3. The molecular weight excluding hydrogens is 1620 g/mol. The number of imidazole rings is 1. The summed E-state index contributed by atoms with van der Waals surface area (Å²) in [4.78, 5) is 181. The quantitative estimate of drug-likeness (QED) is 0.0119. The van der Waals surface area contributed by atoms with Crippen LogP contribution in [-0.2, 0) is 109 Å². The van der Waals surface area contributed by atoms with Crippen LogP contribution in [0.5, 0.6) is 5.75 Å². The Morgan fingerprint density at radius 2 is 1.27 bits per heavy atom. The molecule has 41 nitrogen and oxygen atoms in total. The second-order valence-electron chi connectivity index (χ2n) is 30.4. The predicted molar refractivity (Wildman–Crippen MR) is 438 cm³/mol. The van der Waals surface area contributed by atoms with Crippen molar-refractivity contribution in [3.05, 3.63) is 113 Å². The van der Waals surface area contributed by atoms with Crippen molar-refractivity contribution in [1.29, 1.82) is 0 Å². The number of aromatic nitrogens is 6. The van der Waals surface area contributed by atoms with E-state index < -0.39 is 175 Å². The number of aliphatic hydroxyl groups excluding tert-OH is 3. The summed E-state index contributed by atoms with van der Waals surface area (Å²) in [5.41, 5.74) is 5.18. The molecule has 1 saturated carbocycles. The van der Waals surface area contributed by atoms with Gasteiger partial charge in [-0.15, -0.1) is 22.0 Å². The minimum absolute atomic E-state index is 0.0468. The van der Waals surface area contributed by atoms with Gasteiger partial charge in [0, 0.05) is 70.0 Å². The van der Waals surface area contributed by atoms with E-state index in [9.17, 15) is 82.8 Å². The maximum absolute atomic E-state index is 15.5. The van der Waals surface area contributed by atoms with Crippen LogP contribution >= 0.6 is 0 Å². The number of aryl methyl sites for hydroxylation is 1. The van der Waals surface area contributed by atoms with Crippen LogP contribution in [0, 0.1) is 40.8 Å². The molecule has 0 saturated heterocycles. The number of rotatable bonds is 54. The number of carbonyl (C=O) groups excluding carboxylic acids is 12. The summed E-state index contributed by atoms with van der Waals surface area (Å²) >= 11 is 0. The summed E-state index contributed by atoms with van der Waals surface area (Å²) in [7, 11) is 0. The van der Waals surface area contributed by atoms with E-state index in [1.54, 1.807) is 30.5 Å². The predicted octanol–water partition coefficient (Wildman–Crippen LogP) is -1.58. The highest BCUT2D eigenvalue weighted by Gasteiger charge is 2.50. The average Bonchev–Trinajstić information content (AvgIpc) is 1.62. The van der Waals surface area contributed by atoms with Gasteiger partial charge in [0.15, 0.2) is 5.82 Å². The fourth-order valence-electron chi connectivity index (χ4n) is 13.3. The van der Waals surface area contributed by atoms with Gasteiger partial charge in [-0.05, 0) is 130 Å². The summed E-state index contributed by atoms with van der Waals surface area (Å²) in [5, 5.41) is 81.7. The van der Waals surface area contributed by atoms with Crippen LogP contribution in [0.3, 0.4) is 0 Å². The van der Waals surface area contributed by atoms with Crippen molar-refractivity contribution in [2.75, 3.05) is 92.2 Å². The third-order valence-electron chi connectivity index (χ3n) is 20.5. The highest BCUT2D eigenvalue weighted by Crippen LogP contribution is 2.52. The lowest BCUT2D eigenvalue weighted by Gasteiger charge is -2.34. The van der Waals surface area contributed by atoms with Gasteiger partial charge in [-0.3, -0.25) is 52.7 Å². The van der Waals surface area contributed by atoms with E-state index in [2.05, 4.69) is 101 Å². The van der Waals surface area contributed by atoms with E-state index in [0.29, 0.717) is 120 Å². The summed E-state index contributed by atoms with van der Waals surface area (Å²) in [6.45, 7) is 8.96. The minimum Gasteiger partial charge on any atom is -0.494 e. The lowest BCUT2D eigenvalue weighted by atomic mass is 9.90. The third-order valence-corrected chi connectivity index (χ3v) is 20.5. The van der Waals surface area contributed by atoms with E-state index in [1.165, 1.54) is 38.4 Å². The molecule has 676 valence electrons. The number of H-pyrrole nitrogens is 2. The molecule has 1 fully saturated rings. The number of aliphatic carboxylic acids is 1. The van der Waals surface area contributed by atoms with E-state index in [0.717, 1.165) is 69.2 Å². The molecule has 0 bridgehead atoms. The van der Waals surface area contributed by atoms with Crippen LogP contribution in [0.1, 0.15) is 115 Å². The van der Waals surface area contributed by atoms with Crippen LogP contribution in [0.2, 0.25) is 0 Å². The van der Waals surface area contributed by atoms with Crippen molar-refractivity contribution >= 4 is 77.2 Å². The Bertz CT molecular complexity index is 4420. The zero-order valence-electron chi connectivity index (χ0n) is 70.0. The van der Waals surface area contributed by atoms with Gasteiger partial charge < -0.3 is 118 Å². The molecule has 2 aliphatic carbocycles. The number of amides is 12. The number of fused-ring (bicyclic) bond motifs is 1. The Hall–Kier alpha value is -12.3. The standard InChI is InChI=1S/C82H113FN18O23/c1-7-51-39-55(122-30-15-14-27-87-79(117)123-37-36-121-35-34-120-33-32-119-31-29-88-80(118)124-46-59-57-17-10-8-9-11-18-58(57)59)24-25-56(51)52-22-20-50(21-23-52)38-61(70(84)108)91-72(110)63(41-67(106)107)92-73(111)64(45-102)93-74(112)68(48(2)103)96-78(116)82(6,42-53-16-12-13-19-60(53)83)97-75(113)69(49(3)104)95-66(105)44-89-71(109)62(40-65-98-100-101-99-65)94-77(115)81(4,5)76(114)86-28-26-54-43-85-47-90-54/h12-13,16,19-25,39,43,47-49,57-59,61-64,68-69,102-104H,7,10-11,14-15,17-18,26-38,40-42,44-46H2,1-6H3,(H2,84,108)(H,85,90)(H,86,114)(H,87,117)(H,88,118)(H,89,109)(H,91,110)(H,92,111)(H,93,112)(H,94,115)(H,95,105)(H,96,116)(H,97,113)(H,106,107)(H,98,99,100,101)/t48-,49-,57-,58+,59?,61+,62+,63+,64+,68+,69+,82+/m1/s1. The number of primary amides is 1. The first kappa shape index (κ1) is 98.8. The summed E-state index contributed by atoms with van der Waals surface area (Å²) in [6, 6.07) is 6.34. The second-order valence-corrected chi connectivity index (χ2v) is 30.4. The molecular formula is C82H113FN18O23. The average molecular weight is 1740 g/mol. The van der Waals surface area contributed by atoms with Gasteiger partial charge in [-0.2, -0.15) is 5.21 Å². The first-order valence-electron chi connectivity index (χ1n) is 40.8. The molecule has 2 heterocycles. The number of tetrazole rings is 1. The van der Waals surface area contributed by atoms with Crippen molar-refractivity contribution in [1.82, 2.24) is 89.1 Å². The summed E-state index contributed by atoms with van der Waals surface area (Å²) in [6.07, 6.45) is 2.01. The number of ether oxygens (including phenoxy) is 6. The third kappa shape index (κ3) is 32.5. The number of hydrogen-bond acceptors (Lipinski definition) is 26. The zero-order chi connectivity index (χ0) is 90.3. The molecule has 1 unspecified atom stereocenters. The van der Waals surface area contributed by atoms with Gasteiger partial charge in [0.2, 0.25) is 59.1 Å². The van der Waals surface area contributed by atoms with Crippen LogP contribution < -0.4 is 69.0 Å². The SMILES string of the molecule is CCc1cc(OCCCCNC(=O)OCCOCCOCCOCCNC(=O)OCC2[C@H]3CCC#CCC[C@@H]23)ccc1-c1ccc(C[C@H](NC(=O)[C@H](CC(=O)O)NC(=O)[C@H](CO)NC(=O)[C@@H](NC(=O)[C@](C)(Cc2ccccc2F)NC(=O)[C@@H](NC(=O)CNC(=O)[C@H](Cc2nn[nH]n2)NC(=O)C(C)(C)C(=O)NCCc2cnc[nH]2)[C@@H](C)O)[C@@H](C)O)C(N)=O)cc1. The molecule has 12 atom stereocenters. The number of carbonyl (C=O) groups is 13. The fourth-order valence-corrected chi connectivity index (χ4v) is 13.3. The van der Waals surface area contributed by atoms with Crippen molar-refractivity contribution < 1.29 is 116 Å². The van der Waals surface area contributed by atoms with Gasteiger partial charge >= 0.3 is 18.2 Å². The molecule has 0 aliphatic heterocycles. The topological polar surface area (TPSA) is 600 Å². The van der Waals surface area contributed by atoms with Crippen molar-refractivity contribution in [2.45, 2.75) is 173 Å². The van der Waals surface area contributed by atoms with Gasteiger partial charge in [-0.25, -0.2) is 19.0 Å². The van der Waals surface area contributed by atoms with E-state index in [1.807, 2.05) is 25.1 Å². The fraction of sp³-hybridized carbons (Fsp3) is 0.549. The first-order valence-corrected chi connectivity index (χ1v) is 40.8. The lowest BCUT2D eigenvalue weighted by Crippen LogP contribution is -2.67. The molecule has 0 radical (unpaired) electrons. The number of benzene rings is 3. The molecule has 2 aromatic heterocycles. The Labute approximate surface area is 714 Å². The Kier molecular flexibility index (Phi) is 40.1. The van der Waals surface area contributed by atoms with Crippen molar-refractivity contribution in [2.24, 2.45) is 28.9 Å². The number of nitrogens with two attached hydrogens (primary N) is 1. The molecule has 2 aliphatic rings. The molecule has 42 heteroatoms. The van der Waals surface area contributed by atoms with Crippen LogP contribution in [0.4, 0.5) is 14.0 Å². The first-order chi connectivity index (χ1) is 59.3. The molecule has 7 rings (SSSR count). The second kappa shape index (κ2) is 50.3. The van der Waals surface area contributed by atoms with E-state index in [-0.39, 0.29) is 37.6 Å². The summed E-state index contributed by atoms with van der Waals surface area (Å²) in [5.74, 6) is -5.39. The zero-order valence-corrected chi connectivity index (χ0v) is 70.0. The number of nitrogens with zero attached hydrogens (tertiary/aromatic N) is 4. The number of carboxylic acid groups (broad SMARTS) is 1. The maximum Gasteiger partial charge on any atom is 0.407 e. The monoisotopic (exact) mass is 1740 g/mol. The Morgan fingerprint density at radius 1 is 0.637 bits per heavy atom. The van der Waals surface area contributed by atoms with E-state index >= 15 is 4.39 Å². The number of nitrogens with one attached hydrogen (secondary N) is 13. The number of aromatic amines is 2.